The van der Waals surface area contributed by atoms with Crippen LogP contribution < -0.4 is 0 Å². The molecule has 0 spiro atoms. The largest absolute Gasteiger partial charge is 0.512 e. The molecule has 0 amide bonds. The fourth-order valence-corrected chi connectivity index (χ4v) is 7.43. The van der Waals surface area contributed by atoms with Gasteiger partial charge in [0.2, 0.25) is 0 Å². The molecule has 2 aromatic carbocycles. The summed E-state index contributed by atoms with van der Waals surface area (Å²) in [5.74, 6) is -23.1. The van der Waals surface area contributed by atoms with Gasteiger partial charge in [-0.1, -0.05) is 53.7 Å². The van der Waals surface area contributed by atoms with Crippen molar-refractivity contribution >= 4 is 37.3 Å². The molecule has 0 saturated carbocycles. The first kappa shape index (κ1) is 40.5. The summed E-state index contributed by atoms with van der Waals surface area (Å²) in [7, 11) is 0. The van der Waals surface area contributed by atoms with Crippen LogP contribution in [0.1, 0.15) is 75.6 Å². The Kier molecular flexibility index (Phi) is 12.2. The Bertz CT molecular complexity index is 1840. The van der Waals surface area contributed by atoms with E-state index in [4.69, 9.17) is 0 Å². The summed E-state index contributed by atoms with van der Waals surface area (Å²) < 4.78 is 114. The molecular formula is C36H36F8IrNO2S-. The molecule has 13 heteroatoms. The van der Waals surface area contributed by atoms with E-state index < -0.39 is 39.5 Å². The molecule has 49 heavy (non-hydrogen) atoms. The van der Waals surface area contributed by atoms with Gasteiger partial charge in [-0.15, -0.1) is 46.2 Å². The maximum absolute atomic E-state index is 14.8. The normalized spacial score (nSPS) is 17.4. The Hall–Kier alpha value is -2.89. The number of aromatic nitrogens is 1. The van der Waals surface area contributed by atoms with Crippen LogP contribution in [0.2, 0.25) is 0 Å². The zero-order chi connectivity index (χ0) is 36.0. The third-order valence-corrected chi connectivity index (χ3v) is 10.1. The Labute approximate surface area is 297 Å². The van der Waals surface area contributed by atoms with Gasteiger partial charge in [0.1, 0.15) is 0 Å². The van der Waals surface area contributed by atoms with Crippen LogP contribution in [0.25, 0.3) is 31.4 Å². The quantitative estimate of drug-likeness (QED) is 0.0830. The van der Waals surface area contributed by atoms with Crippen LogP contribution in [0.4, 0.5) is 35.1 Å². The molecule has 1 aliphatic rings. The molecule has 0 fully saturated rings. The number of alkyl halides is 8. The van der Waals surface area contributed by atoms with E-state index in [2.05, 4.69) is 11.1 Å². The number of hydrogen-bond acceptors (Lipinski definition) is 4. The van der Waals surface area contributed by atoms with Gasteiger partial charge in [-0.05, 0) is 37.1 Å². The summed E-state index contributed by atoms with van der Waals surface area (Å²) in [6.45, 7) is 11.7. The van der Waals surface area contributed by atoms with Gasteiger partial charge in [0, 0.05) is 70.3 Å². The van der Waals surface area contributed by atoms with Crippen molar-refractivity contribution in [1.82, 2.24) is 4.98 Å². The van der Waals surface area contributed by atoms with Gasteiger partial charge in [0.15, 0.2) is 5.78 Å². The molecule has 0 unspecified atom stereocenters. The van der Waals surface area contributed by atoms with E-state index in [0.717, 1.165) is 42.9 Å². The van der Waals surface area contributed by atoms with Crippen molar-refractivity contribution in [3.8, 4) is 11.3 Å². The van der Waals surface area contributed by atoms with Crippen LogP contribution in [-0.2, 0) is 36.7 Å². The summed E-state index contributed by atoms with van der Waals surface area (Å²) in [6, 6.07) is 9.43. The molecule has 0 saturated heterocycles. The number of nitrogens with zero attached hydrogens (tertiary/aromatic N) is 1. The minimum Gasteiger partial charge on any atom is -0.512 e. The number of ketones is 1. The second-order valence-electron chi connectivity index (χ2n) is 12.1. The van der Waals surface area contributed by atoms with E-state index in [1.165, 1.54) is 18.3 Å². The van der Waals surface area contributed by atoms with E-state index >= 15 is 0 Å². The van der Waals surface area contributed by atoms with Crippen LogP contribution >= 0.6 is 11.3 Å². The van der Waals surface area contributed by atoms with Crippen molar-refractivity contribution in [3.05, 3.63) is 76.7 Å². The molecular weight excluding hydrogens is 855 g/mol. The van der Waals surface area contributed by atoms with Gasteiger partial charge in [0.05, 0.1) is 11.3 Å². The molecule has 0 bridgehead atoms. The van der Waals surface area contributed by atoms with E-state index in [-0.39, 0.29) is 59.3 Å². The summed E-state index contributed by atoms with van der Waals surface area (Å²) in [4.78, 5) is 16.0. The second kappa shape index (κ2) is 14.8. The van der Waals surface area contributed by atoms with Gasteiger partial charge in [-0.25, -0.2) is 0 Å². The van der Waals surface area contributed by atoms with Crippen molar-refractivity contribution < 1.29 is 65.1 Å². The number of carbonyl (C=O) groups is 1. The molecule has 4 aromatic rings. The molecule has 2 aromatic heterocycles. The van der Waals surface area contributed by atoms with E-state index in [0.29, 0.717) is 28.4 Å². The van der Waals surface area contributed by atoms with E-state index in [1.807, 2.05) is 40.7 Å². The van der Waals surface area contributed by atoms with E-state index in [9.17, 15) is 45.0 Å². The molecule has 5 rings (SSSR count). The molecule has 1 N–H and O–H groups in total. The van der Waals surface area contributed by atoms with Gasteiger partial charge in [0.25, 0.3) is 0 Å². The molecule has 269 valence electrons. The minimum atomic E-state index is -6.30. The summed E-state index contributed by atoms with van der Waals surface area (Å²) in [6.07, 6.45) is 6.27. The molecule has 1 aliphatic carbocycles. The average Bonchev–Trinajstić information content (AvgIpc) is 3.39. The number of allylic oxidation sites excluding steroid dienone is 2. The number of halogens is 8. The van der Waals surface area contributed by atoms with Crippen LogP contribution in [-0.4, -0.2) is 27.7 Å². The Morgan fingerprint density at radius 2 is 1.39 bits per heavy atom. The topological polar surface area (TPSA) is 50.2 Å². The standard InChI is InChI=1S/C23H12F8NS.C13H24O2.Ir/c1-10-7-11(2)9-12(8-10)17-19-14(5-6-32-17)13-3-4-15-16(18(13)33-19)21(26,27)23(30,31)22(28,29)20(15,24)25;1-5-10(6-2)12(14)9-13(15)11(7-3)8-4;/h3-8H,1-2H3;9-11,14H,5-8H2,1-4H3;/q-1;;/b;12-9-;. The number of rotatable bonds is 8. The van der Waals surface area contributed by atoms with Crippen molar-refractivity contribution in [2.75, 3.05) is 0 Å². The van der Waals surface area contributed by atoms with Crippen molar-refractivity contribution in [3.63, 3.8) is 0 Å². The van der Waals surface area contributed by atoms with Gasteiger partial charge in [-0.2, -0.15) is 35.1 Å². The first-order chi connectivity index (χ1) is 22.3. The first-order valence-electron chi connectivity index (χ1n) is 15.6. The van der Waals surface area contributed by atoms with Crippen molar-refractivity contribution in [2.45, 2.75) is 90.9 Å². The number of thiophene rings is 1. The predicted molar refractivity (Wildman–Crippen MR) is 172 cm³/mol. The molecule has 1 radical (unpaired) electrons. The maximum atomic E-state index is 14.8. The van der Waals surface area contributed by atoms with Gasteiger partial charge < -0.3 is 10.1 Å². The summed E-state index contributed by atoms with van der Waals surface area (Å²) in [5, 5.41) is 10.0. The molecule has 2 heterocycles. The monoisotopic (exact) mass is 891 g/mol. The van der Waals surface area contributed by atoms with Crippen LogP contribution in [0.3, 0.4) is 0 Å². The predicted octanol–water partition coefficient (Wildman–Crippen LogP) is 11.9. The Morgan fingerprint density at radius 1 is 0.837 bits per heavy atom. The molecule has 0 aliphatic heterocycles. The third-order valence-electron chi connectivity index (χ3n) is 8.88. The number of hydrogen-bond donors (Lipinski definition) is 1. The van der Waals surface area contributed by atoms with E-state index in [1.54, 1.807) is 13.0 Å². The zero-order valence-electron chi connectivity index (χ0n) is 27.6. The number of fused-ring (bicyclic) bond motifs is 5. The summed E-state index contributed by atoms with van der Waals surface area (Å²) >= 11 is 0.539. The number of pyridine rings is 1. The fourth-order valence-electron chi connectivity index (χ4n) is 6.05. The number of carbonyl (C=O) groups excluding carboxylic acids is 1. The zero-order valence-corrected chi connectivity index (χ0v) is 30.8. The molecule has 0 atom stereocenters. The van der Waals surface area contributed by atoms with Gasteiger partial charge >= 0.3 is 23.7 Å². The number of aryl methyl sites for hydroxylation is 2. The van der Waals surface area contributed by atoms with Gasteiger partial charge in [-0.3, -0.25) is 4.79 Å². The second-order valence-corrected chi connectivity index (χ2v) is 13.1. The third kappa shape index (κ3) is 6.79. The maximum Gasteiger partial charge on any atom is 0.383 e. The van der Waals surface area contributed by atoms with Crippen molar-refractivity contribution in [1.29, 1.82) is 0 Å². The van der Waals surface area contributed by atoms with Crippen LogP contribution in [0.15, 0.2) is 48.4 Å². The summed E-state index contributed by atoms with van der Waals surface area (Å²) in [5.41, 5.74) is -1.20. The smallest absolute Gasteiger partial charge is 0.383 e. The number of aliphatic hydroxyl groups is 1. The molecule has 3 nitrogen and oxygen atoms in total. The first-order valence-corrected chi connectivity index (χ1v) is 16.4. The number of benzene rings is 2. The fraction of sp³-hybridized carbons (Fsp3) is 0.444. The Balaban J connectivity index is 0.000000347. The average molecular weight is 891 g/mol. The Morgan fingerprint density at radius 3 is 1.94 bits per heavy atom. The van der Waals surface area contributed by atoms with Crippen molar-refractivity contribution in [2.24, 2.45) is 11.8 Å². The SMILES string of the molecule is CCC(CC)C(=O)/C=C(\O)C(CC)CC.Cc1[c-]c(-c2nccc3c2sc2c4c(ccc23)C(F)(F)C(F)(F)C(F)(F)C4(F)F)cc(C)c1.[Ir]. The van der Waals surface area contributed by atoms with Crippen LogP contribution in [0, 0.1) is 31.7 Å². The minimum absolute atomic E-state index is 0. The number of aliphatic hydroxyl groups excluding tert-OH is 1. The van der Waals surface area contributed by atoms with Crippen LogP contribution in [0.5, 0.6) is 0 Å².